The molecule has 2 heterocycles. The lowest BCUT2D eigenvalue weighted by Gasteiger charge is -2.33. The van der Waals surface area contributed by atoms with Crippen molar-refractivity contribution in [1.29, 1.82) is 0 Å². The lowest BCUT2D eigenvalue weighted by atomic mass is 10.0. The molecule has 0 spiro atoms. The van der Waals surface area contributed by atoms with Gasteiger partial charge in [-0.1, -0.05) is 12.5 Å². The number of aryl methyl sites for hydroxylation is 2. The Bertz CT molecular complexity index is 1200. The molecule has 1 fully saturated rings. The zero-order valence-electron chi connectivity index (χ0n) is 18.8. The molecule has 4 rings (SSSR count). The maximum Gasteiger partial charge on any atom is 0.244 e. The molecule has 1 saturated heterocycles. The molecule has 2 aromatic rings. The molecule has 0 bridgehead atoms. The third-order valence-electron chi connectivity index (χ3n) is 6.36. The van der Waals surface area contributed by atoms with E-state index in [4.69, 9.17) is 0 Å². The van der Waals surface area contributed by atoms with E-state index >= 15 is 0 Å². The number of carbonyl (C=O) groups is 2. The van der Waals surface area contributed by atoms with E-state index in [-0.39, 0.29) is 29.8 Å². The Morgan fingerprint density at radius 2 is 1.94 bits per heavy atom. The number of nitrogens with one attached hydrogen (secondary N) is 1. The predicted octanol–water partition coefficient (Wildman–Crippen LogP) is 3.62. The summed E-state index contributed by atoms with van der Waals surface area (Å²) >= 11 is 0. The lowest BCUT2D eigenvalue weighted by molar-refractivity contribution is -0.121. The molecule has 2 amide bonds. The average molecular weight is 474 g/mol. The van der Waals surface area contributed by atoms with Crippen LogP contribution in [0.15, 0.2) is 41.3 Å². The molecule has 0 saturated carbocycles. The molecule has 1 N–H and O–H groups in total. The summed E-state index contributed by atoms with van der Waals surface area (Å²) in [5.41, 5.74) is 2.03. The van der Waals surface area contributed by atoms with Crippen LogP contribution in [0.4, 0.5) is 15.8 Å². The van der Waals surface area contributed by atoms with Crippen molar-refractivity contribution in [2.75, 3.05) is 23.3 Å². The van der Waals surface area contributed by atoms with E-state index in [0.717, 1.165) is 24.8 Å². The minimum absolute atomic E-state index is 0.0480. The van der Waals surface area contributed by atoms with Gasteiger partial charge in [-0.15, -0.1) is 0 Å². The minimum atomic E-state index is -3.63. The molecule has 2 aliphatic rings. The van der Waals surface area contributed by atoms with Gasteiger partial charge >= 0.3 is 0 Å². The number of hydrogen-bond donors (Lipinski definition) is 1. The molecule has 176 valence electrons. The van der Waals surface area contributed by atoms with Gasteiger partial charge < -0.3 is 10.2 Å². The average Bonchev–Trinajstić information content (AvgIpc) is 2.78. The Balaban J connectivity index is 1.55. The molecule has 2 aromatic carbocycles. The molecule has 1 atom stereocenters. The van der Waals surface area contributed by atoms with E-state index in [1.807, 2.05) is 6.92 Å². The van der Waals surface area contributed by atoms with Crippen LogP contribution in [-0.4, -0.2) is 43.7 Å². The normalized spacial score (nSPS) is 19.3. The molecule has 0 aromatic heterocycles. The maximum absolute atomic E-state index is 13.8. The van der Waals surface area contributed by atoms with Crippen molar-refractivity contribution in [3.8, 4) is 0 Å². The Morgan fingerprint density at radius 3 is 2.67 bits per heavy atom. The Labute approximate surface area is 193 Å². The van der Waals surface area contributed by atoms with Crippen LogP contribution in [0, 0.1) is 12.7 Å². The van der Waals surface area contributed by atoms with E-state index in [1.54, 1.807) is 35.5 Å². The largest absolute Gasteiger partial charge is 0.324 e. The quantitative estimate of drug-likeness (QED) is 0.719. The highest BCUT2D eigenvalue weighted by Crippen LogP contribution is 2.32. The van der Waals surface area contributed by atoms with Crippen LogP contribution in [0.2, 0.25) is 0 Å². The molecule has 33 heavy (non-hydrogen) atoms. The molecule has 0 aliphatic carbocycles. The number of amides is 2. The molecule has 7 nitrogen and oxygen atoms in total. The Kier molecular flexibility index (Phi) is 6.54. The van der Waals surface area contributed by atoms with Gasteiger partial charge in [-0.25, -0.2) is 12.8 Å². The van der Waals surface area contributed by atoms with Crippen LogP contribution in [0.3, 0.4) is 0 Å². The van der Waals surface area contributed by atoms with Crippen LogP contribution < -0.4 is 10.2 Å². The topological polar surface area (TPSA) is 86.8 Å². The summed E-state index contributed by atoms with van der Waals surface area (Å²) in [6.07, 6.45) is 3.30. The van der Waals surface area contributed by atoms with Crippen molar-refractivity contribution in [3.63, 3.8) is 0 Å². The van der Waals surface area contributed by atoms with Gasteiger partial charge in [-0.3, -0.25) is 9.59 Å². The molecular weight excluding hydrogens is 445 g/mol. The SMILES string of the molecule is Cc1ccc(NC(=O)CN2C(=O)CCc3cc(S(=O)(=O)N4CCCC[C@@H]4C)ccc32)cc1F. The van der Waals surface area contributed by atoms with Crippen molar-refractivity contribution in [2.24, 2.45) is 0 Å². The van der Waals surface area contributed by atoms with Gasteiger partial charge in [0.1, 0.15) is 12.4 Å². The van der Waals surface area contributed by atoms with Crippen LogP contribution >= 0.6 is 0 Å². The summed E-state index contributed by atoms with van der Waals surface area (Å²) in [7, 11) is -3.63. The number of rotatable bonds is 5. The Hall–Kier alpha value is -2.78. The summed E-state index contributed by atoms with van der Waals surface area (Å²) in [4.78, 5) is 26.7. The standard InChI is InChI=1S/C24H28FN3O4S/c1-16-6-8-19(14-21(16)25)26-23(29)15-27-22-10-9-20(13-18(22)7-11-24(27)30)33(31,32)28-12-4-3-5-17(28)2/h6,8-10,13-14,17H,3-5,7,11-12,15H2,1-2H3,(H,26,29)/t17-/m0/s1. The first kappa shape index (κ1) is 23.4. The number of halogens is 1. The van der Waals surface area contributed by atoms with E-state index in [1.165, 1.54) is 17.0 Å². The third kappa shape index (κ3) is 4.79. The number of hydrogen-bond acceptors (Lipinski definition) is 4. The van der Waals surface area contributed by atoms with E-state index in [2.05, 4.69) is 5.32 Å². The van der Waals surface area contributed by atoms with Gasteiger partial charge in [0, 0.05) is 30.4 Å². The summed E-state index contributed by atoms with van der Waals surface area (Å²) in [6.45, 7) is 3.82. The van der Waals surface area contributed by atoms with Gasteiger partial charge in [0.25, 0.3) is 0 Å². The summed E-state index contributed by atoms with van der Waals surface area (Å²) in [6, 6.07) is 9.09. The van der Waals surface area contributed by atoms with E-state index in [0.29, 0.717) is 29.9 Å². The number of carbonyl (C=O) groups excluding carboxylic acids is 2. The monoisotopic (exact) mass is 473 g/mol. The van der Waals surface area contributed by atoms with Crippen molar-refractivity contribution in [3.05, 3.63) is 53.3 Å². The fourth-order valence-corrected chi connectivity index (χ4v) is 6.20. The van der Waals surface area contributed by atoms with Crippen molar-refractivity contribution in [1.82, 2.24) is 4.31 Å². The second-order valence-corrected chi connectivity index (χ2v) is 10.6. The number of nitrogens with zero attached hydrogens (tertiary/aromatic N) is 2. The second kappa shape index (κ2) is 9.23. The van der Waals surface area contributed by atoms with Crippen LogP contribution in [0.1, 0.15) is 43.7 Å². The fraction of sp³-hybridized carbons (Fsp3) is 0.417. The predicted molar refractivity (Wildman–Crippen MR) is 124 cm³/mol. The van der Waals surface area contributed by atoms with Gasteiger partial charge in [0.15, 0.2) is 0 Å². The molecule has 0 unspecified atom stereocenters. The Morgan fingerprint density at radius 1 is 1.15 bits per heavy atom. The highest BCUT2D eigenvalue weighted by molar-refractivity contribution is 7.89. The van der Waals surface area contributed by atoms with Crippen LogP contribution in [-0.2, 0) is 26.0 Å². The van der Waals surface area contributed by atoms with Crippen molar-refractivity contribution in [2.45, 2.75) is 56.9 Å². The molecular formula is C24H28FN3O4S. The fourth-order valence-electron chi connectivity index (χ4n) is 4.45. The second-order valence-electron chi connectivity index (χ2n) is 8.74. The smallest absolute Gasteiger partial charge is 0.244 e. The lowest BCUT2D eigenvalue weighted by Crippen LogP contribution is -2.42. The third-order valence-corrected chi connectivity index (χ3v) is 8.37. The summed E-state index contributed by atoms with van der Waals surface area (Å²) < 4.78 is 41.8. The first-order valence-electron chi connectivity index (χ1n) is 11.2. The van der Waals surface area contributed by atoms with Gasteiger partial charge in [-0.05, 0) is 74.6 Å². The van der Waals surface area contributed by atoms with Crippen molar-refractivity contribution >= 4 is 33.2 Å². The zero-order valence-corrected chi connectivity index (χ0v) is 19.6. The molecule has 2 aliphatic heterocycles. The first-order chi connectivity index (χ1) is 15.7. The minimum Gasteiger partial charge on any atom is -0.324 e. The zero-order chi connectivity index (χ0) is 23.8. The number of anilines is 2. The number of benzene rings is 2. The van der Waals surface area contributed by atoms with Gasteiger partial charge in [0.05, 0.1) is 4.90 Å². The van der Waals surface area contributed by atoms with E-state index < -0.39 is 21.7 Å². The highest BCUT2D eigenvalue weighted by Gasteiger charge is 2.33. The van der Waals surface area contributed by atoms with Crippen LogP contribution in [0.25, 0.3) is 0 Å². The van der Waals surface area contributed by atoms with Gasteiger partial charge in [0.2, 0.25) is 21.8 Å². The molecule has 0 radical (unpaired) electrons. The van der Waals surface area contributed by atoms with Crippen LogP contribution in [0.5, 0.6) is 0 Å². The number of fused-ring (bicyclic) bond motifs is 1. The molecule has 9 heteroatoms. The number of sulfonamides is 1. The highest BCUT2D eigenvalue weighted by atomic mass is 32.2. The number of piperidine rings is 1. The van der Waals surface area contributed by atoms with Crippen molar-refractivity contribution < 1.29 is 22.4 Å². The summed E-state index contributed by atoms with van der Waals surface area (Å²) in [5, 5.41) is 2.62. The summed E-state index contributed by atoms with van der Waals surface area (Å²) in [5.74, 6) is -1.10. The maximum atomic E-state index is 13.8. The van der Waals surface area contributed by atoms with Gasteiger partial charge in [-0.2, -0.15) is 4.31 Å². The first-order valence-corrected chi connectivity index (χ1v) is 12.6. The van der Waals surface area contributed by atoms with E-state index in [9.17, 15) is 22.4 Å².